The van der Waals surface area contributed by atoms with Gasteiger partial charge in [0.2, 0.25) is 0 Å². The molecule has 0 aromatic heterocycles. The van der Waals surface area contributed by atoms with Crippen LogP contribution in [0.15, 0.2) is 0 Å². The Morgan fingerprint density at radius 1 is 1.50 bits per heavy atom. The fourth-order valence-electron chi connectivity index (χ4n) is 0.161. The molecular weight excluding hydrogens is 186 g/mol. The van der Waals surface area contributed by atoms with Crippen molar-refractivity contribution in [2.45, 2.75) is 18.8 Å². The Kier molecular flexibility index (Phi) is 6.85. The second-order valence-electron chi connectivity index (χ2n) is 1.17. The van der Waals surface area contributed by atoms with E-state index in [4.69, 9.17) is 12.0 Å². The van der Waals surface area contributed by atoms with Gasteiger partial charge in [0.25, 0.3) is 0 Å². The molecule has 0 aliphatic rings. The van der Waals surface area contributed by atoms with Crippen molar-refractivity contribution in [3.8, 4) is 0 Å². The largest absolute Gasteiger partial charge is 1.00 e. The third-order valence-electron chi connectivity index (χ3n) is 0.476. The van der Waals surface area contributed by atoms with Gasteiger partial charge >= 0.3 is 59.1 Å². The van der Waals surface area contributed by atoms with E-state index in [1.165, 1.54) is 0 Å². The average molecular weight is 197 g/mol. The zero-order valence-electron chi connectivity index (χ0n) is 11.6. The predicted molar refractivity (Wildman–Crippen MR) is 25.3 cm³/mol. The summed E-state index contributed by atoms with van der Waals surface area (Å²) in [7, 11) is 0. The molecule has 0 fully saturated rings. The quantitative estimate of drug-likeness (QED) is 0.451. The molecule has 12 heavy (non-hydrogen) atoms. The summed E-state index contributed by atoms with van der Waals surface area (Å²) in [5.41, 5.74) is 0. The number of hydrogen-bond donors (Lipinski definition) is 1. The molecule has 0 aliphatic carbocycles. The Balaban J connectivity index is -0.000000980. The van der Waals surface area contributed by atoms with Gasteiger partial charge in [-0.3, -0.25) is 0 Å². The van der Waals surface area contributed by atoms with Gasteiger partial charge in [-0.1, -0.05) is 0 Å². The van der Waals surface area contributed by atoms with Gasteiger partial charge in [0.1, 0.15) is 0 Å². The van der Waals surface area contributed by atoms with Gasteiger partial charge in [-0.15, -0.1) is 0 Å². The minimum absolute atomic E-state index is 0. The zero-order chi connectivity index (χ0) is 12.7. The second-order valence-corrected chi connectivity index (χ2v) is 1.17. The topological polar surface area (TPSA) is 100 Å². The number of carbonyl (C=O) groups is 2. The van der Waals surface area contributed by atoms with E-state index in [2.05, 4.69) is 0 Å². The van der Waals surface area contributed by atoms with E-state index in [-0.39, 0.29) is 59.1 Å². The third-order valence-corrected chi connectivity index (χ3v) is 0.476. The number of aliphatic hydroxyl groups is 1. The molecule has 7 heteroatoms. The molecule has 1 N–H and O–H groups in total. The van der Waals surface area contributed by atoms with E-state index in [1.807, 2.05) is 0 Å². The molecule has 0 spiro atoms. The number of rotatable bonds is 4. The molecule has 0 aromatic carbocycles. The molecule has 1 atom stereocenters. The van der Waals surface area contributed by atoms with Crippen LogP contribution in [0.3, 0.4) is 0 Å². The fraction of sp³-hybridized carbons (Fsp3) is 0.600. The number of carboxylic acid groups (broad SMARTS) is 2. The van der Waals surface area contributed by atoms with E-state index < -0.39 is 30.8 Å². The van der Waals surface area contributed by atoms with Crippen LogP contribution in [0.1, 0.15) is 19.6 Å². The van der Waals surface area contributed by atoms with Crippen LogP contribution in [0.2, 0.25) is 0 Å². The summed E-state index contributed by atoms with van der Waals surface area (Å²) in [5, 5.41) is 29.2. The summed E-state index contributed by atoms with van der Waals surface area (Å²) in [6, 6.07) is 0. The second kappa shape index (κ2) is 9.98. The zero-order valence-corrected chi connectivity index (χ0v) is 10.6. The Morgan fingerprint density at radius 2 is 1.92 bits per heavy atom. The molecule has 0 aromatic rings. The molecule has 0 bridgehead atoms. The Labute approximate surface area is 121 Å². The Morgan fingerprint density at radius 3 is 2.17 bits per heavy atom. The van der Waals surface area contributed by atoms with Crippen LogP contribution in [0, 0.1) is 0 Å². The van der Waals surface area contributed by atoms with Crippen molar-refractivity contribution in [2.24, 2.45) is 0 Å². The first-order valence-corrected chi connectivity index (χ1v) is 2.04. The SMILES string of the molecule is [2H]C([2H])(C(=O)[O-])C([2H])([2H])[C@]([2H])(O)C(=O)[O-].[Na+].[Na+]. The first kappa shape index (κ1) is 8.23. The summed E-state index contributed by atoms with van der Waals surface area (Å²) in [5.74, 6) is -5.24. The molecular formula is C5H6Na2O5. The van der Waals surface area contributed by atoms with Crippen molar-refractivity contribution in [2.75, 3.05) is 0 Å². The van der Waals surface area contributed by atoms with Crippen LogP contribution in [-0.2, 0) is 9.59 Å². The fourth-order valence-corrected chi connectivity index (χ4v) is 0.161. The maximum atomic E-state index is 10.2. The van der Waals surface area contributed by atoms with Gasteiger partial charge in [-0.2, -0.15) is 0 Å². The van der Waals surface area contributed by atoms with Gasteiger partial charge in [-0.05, 0) is 12.7 Å². The van der Waals surface area contributed by atoms with E-state index in [0.717, 1.165) is 0 Å². The monoisotopic (exact) mass is 197 g/mol. The molecule has 58 valence electrons. The maximum absolute atomic E-state index is 10.2. The van der Waals surface area contributed by atoms with Crippen LogP contribution in [0.4, 0.5) is 0 Å². The van der Waals surface area contributed by atoms with Crippen LogP contribution in [0.25, 0.3) is 0 Å². The summed E-state index contributed by atoms with van der Waals surface area (Å²) in [4.78, 5) is 20.4. The molecule has 0 saturated carbocycles. The van der Waals surface area contributed by atoms with E-state index in [9.17, 15) is 19.8 Å². The van der Waals surface area contributed by atoms with Gasteiger partial charge in [0, 0.05) is 11.5 Å². The summed E-state index contributed by atoms with van der Waals surface area (Å²) in [6.45, 7) is 0. The summed E-state index contributed by atoms with van der Waals surface area (Å²) < 4.78 is 33.6. The maximum Gasteiger partial charge on any atom is 1.00 e. The van der Waals surface area contributed by atoms with Crippen LogP contribution in [-0.4, -0.2) is 23.1 Å². The van der Waals surface area contributed by atoms with Gasteiger partial charge in [-0.25, -0.2) is 0 Å². The standard InChI is InChI=1S/C5H8O5.2Na/c6-3(5(9)10)1-2-4(7)8;;/h3,6H,1-2H2,(H,7,8)(H,9,10);;/q;2*+1/p-2/t3-;;/m0../s1/i1D2,2D2,3D;;. The number of carbonyl (C=O) groups excluding carboxylic acids is 2. The first-order valence-electron chi connectivity index (χ1n) is 4.54. The van der Waals surface area contributed by atoms with E-state index in [1.54, 1.807) is 0 Å². The summed E-state index contributed by atoms with van der Waals surface area (Å²) >= 11 is 0. The van der Waals surface area contributed by atoms with Crippen LogP contribution < -0.4 is 69.3 Å². The third kappa shape index (κ3) is 10.9. The molecule has 0 saturated heterocycles. The van der Waals surface area contributed by atoms with E-state index in [0.29, 0.717) is 0 Å². The minimum Gasteiger partial charge on any atom is -0.550 e. The van der Waals surface area contributed by atoms with Gasteiger partial charge in [0.05, 0.1) is 13.4 Å². The molecule has 0 heterocycles. The predicted octanol–water partition coefficient (Wildman–Crippen LogP) is -9.36. The van der Waals surface area contributed by atoms with Crippen LogP contribution in [0.5, 0.6) is 0 Å². The molecule has 0 aliphatic heterocycles. The smallest absolute Gasteiger partial charge is 0.550 e. The molecule has 0 unspecified atom stereocenters. The van der Waals surface area contributed by atoms with Gasteiger partial charge < -0.3 is 24.9 Å². The van der Waals surface area contributed by atoms with Crippen molar-refractivity contribution in [3.63, 3.8) is 0 Å². The van der Waals surface area contributed by atoms with Crippen molar-refractivity contribution >= 4 is 11.9 Å². The first-order chi connectivity index (χ1) is 6.39. The molecule has 0 amide bonds. The normalized spacial score (nSPS) is 21.6. The number of hydrogen-bond acceptors (Lipinski definition) is 5. The van der Waals surface area contributed by atoms with E-state index >= 15 is 0 Å². The van der Waals surface area contributed by atoms with Crippen molar-refractivity contribution in [1.29, 1.82) is 0 Å². The Bertz CT molecular complexity index is 279. The van der Waals surface area contributed by atoms with Crippen molar-refractivity contribution in [1.82, 2.24) is 0 Å². The average Bonchev–Trinajstić information content (AvgIpc) is 2.02. The van der Waals surface area contributed by atoms with Gasteiger partial charge in [0.15, 0.2) is 0 Å². The minimum atomic E-state index is -4.05. The van der Waals surface area contributed by atoms with Crippen molar-refractivity contribution in [3.05, 3.63) is 0 Å². The molecule has 0 rings (SSSR count). The Hall–Kier alpha value is 0.900. The molecule has 0 radical (unpaired) electrons. The molecule has 5 nitrogen and oxygen atoms in total. The number of aliphatic carboxylic acids is 2. The summed E-state index contributed by atoms with van der Waals surface area (Å²) in [6.07, 6.45) is -11.8. The van der Waals surface area contributed by atoms with Crippen molar-refractivity contribution < 1.29 is 90.9 Å². The number of carboxylic acids is 2. The van der Waals surface area contributed by atoms with Crippen LogP contribution >= 0.6 is 0 Å².